The van der Waals surface area contributed by atoms with Crippen LogP contribution >= 0.6 is 0 Å². The highest BCUT2D eigenvalue weighted by atomic mass is 19.1. The van der Waals surface area contributed by atoms with Crippen molar-refractivity contribution in [1.29, 1.82) is 0 Å². The van der Waals surface area contributed by atoms with E-state index in [1.54, 1.807) is 19.2 Å². The standard InChI is InChI=1S/C9H13FN2O5/c1-3-4(2)17-6-9(10,7(14)15)5(13)11-8(16)12-6/h4,6H,3H2,1-2H3,(H,14,15)(H2,11,12,13,16). The van der Waals surface area contributed by atoms with E-state index in [0.717, 1.165) is 0 Å². The molecule has 0 saturated carbocycles. The van der Waals surface area contributed by atoms with Crippen molar-refractivity contribution in [3.8, 4) is 0 Å². The van der Waals surface area contributed by atoms with Crippen molar-refractivity contribution in [3.05, 3.63) is 0 Å². The average molecular weight is 248 g/mol. The molecule has 7 nitrogen and oxygen atoms in total. The Hall–Kier alpha value is -1.70. The van der Waals surface area contributed by atoms with Gasteiger partial charge < -0.3 is 15.2 Å². The molecule has 17 heavy (non-hydrogen) atoms. The highest BCUT2D eigenvalue weighted by molar-refractivity contribution is 6.13. The second-order valence-electron chi connectivity index (χ2n) is 3.68. The number of halogens is 1. The molecule has 1 rings (SSSR count). The second-order valence-corrected chi connectivity index (χ2v) is 3.68. The lowest BCUT2D eigenvalue weighted by molar-refractivity contribution is -0.178. The van der Waals surface area contributed by atoms with Crippen LogP contribution in [0.4, 0.5) is 9.18 Å². The Morgan fingerprint density at radius 1 is 1.65 bits per heavy atom. The first-order valence-electron chi connectivity index (χ1n) is 5.02. The van der Waals surface area contributed by atoms with Crippen LogP contribution in [0, 0.1) is 0 Å². The Kier molecular flexibility index (Phi) is 3.66. The van der Waals surface area contributed by atoms with E-state index in [1.807, 2.05) is 5.32 Å². The largest absolute Gasteiger partial charge is 0.478 e. The lowest BCUT2D eigenvalue weighted by Crippen LogP contribution is -2.71. The van der Waals surface area contributed by atoms with E-state index in [0.29, 0.717) is 6.42 Å². The highest BCUT2D eigenvalue weighted by Crippen LogP contribution is 2.23. The molecule has 0 aromatic carbocycles. The Morgan fingerprint density at radius 3 is 2.71 bits per heavy atom. The van der Waals surface area contributed by atoms with Crippen molar-refractivity contribution in [2.24, 2.45) is 0 Å². The predicted molar refractivity (Wildman–Crippen MR) is 52.8 cm³/mol. The summed E-state index contributed by atoms with van der Waals surface area (Å²) in [6.07, 6.45) is -1.86. The van der Waals surface area contributed by atoms with Gasteiger partial charge in [0.25, 0.3) is 5.91 Å². The number of carboxylic acid groups (broad SMARTS) is 1. The fraction of sp³-hybridized carbons (Fsp3) is 0.667. The number of carboxylic acids is 1. The number of nitrogens with one attached hydrogen (secondary N) is 2. The van der Waals surface area contributed by atoms with Gasteiger partial charge >= 0.3 is 17.7 Å². The molecule has 1 heterocycles. The van der Waals surface area contributed by atoms with Crippen molar-refractivity contribution >= 4 is 17.9 Å². The number of rotatable bonds is 4. The summed E-state index contributed by atoms with van der Waals surface area (Å²) in [6.45, 7) is 3.30. The minimum absolute atomic E-state index is 0.476. The van der Waals surface area contributed by atoms with Crippen LogP contribution in [-0.2, 0) is 14.3 Å². The van der Waals surface area contributed by atoms with Gasteiger partial charge in [-0.25, -0.2) is 14.0 Å². The Morgan fingerprint density at radius 2 is 2.24 bits per heavy atom. The fourth-order valence-electron chi connectivity index (χ4n) is 1.23. The molecule has 0 aliphatic carbocycles. The number of carbonyl (C=O) groups is 3. The lowest BCUT2D eigenvalue weighted by Gasteiger charge is -2.34. The molecule has 1 aliphatic heterocycles. The predicted octanol–water partition coefficient (Wildman–Crippen LogP) is -0.240. The summed E-state index contributed by atoms with van der Waals surface area (Å²) in [5, 5.41) is 12.2. The van der Waals surface area contributed by atoms with Gasteiger partial charge in [0.1, 0.15) is 0 Å². The molecule has 3 unspecified atom stereocenters. The molecular formula is C9H13FN2O5. The van der Waals surface area contributed by atoms with Gasteiger partial charge in [-0.15, -0.1) is 0 Å². The molecule has 3 atom stereocenters. The molecule has 1 fully saturated rings. The van der Waals surface area contributed by atoms with Crippen LogP contribution in [0.2, 0.25) is 0 Å². The van der Waals surface area contributed by atoms with Crippen LogP contribution in [0.25, 0.3) is 0 Å². The monoisotopic (exact) mass is 248 g/mol. The summed E-state index contributed by atoms with van der Waals surface area (Å²) >= 11 is 0. The number of urea groups is 1. The van der Waals surface area contributed by atoms with E-state index >= 15 is 0 Å². The third-order valence-corrected chi connectivity index (χ3v) is 2.44. The van der Waals surface area contributed by atoms with Crippen molar-refractivity contribution in [1.82, 2.24) is 10.6 Å². The molecule has 3 N–H and O–H groups in total. The summed E-state index contributed by atoms with van der Waals surface area (Å²) in [7, 11) is 0. The first kappa shape index (κ1) is 13.4. The van der Waals surface area contributed by atoms with Crippen LogP contribution < -0.4 is 10.6 Å². The maximum atomic E-state index is 14.1. The third kappa shape index (κ3) is 2.36. The molecule has 0 aromatic heterocycles. The van der Waals surface area contributed by atoms with Gasteiger partial charge in [0.05, 0.1) is 6.10 Å². The number of carbonyl (C=O) groups excluding carboxylic acids is 2. The van der Waals surface area contributed by atoms with E-state index in [1.165, 1.54) is 0 Å². The minimum Gasteiger partial charge on any atom is -0.478 e. The number of amides is 3. The van der Waals surface area contributed by atoms with Gasteiger partial charge in [-0.2, -0.15) is 0 Å². The Labute approximate surface area is 96.3 Å². The number of imide groups is 1. The molecule has 96 valence electrons. The first-order chi connectivity index (χ1) is 7.82. The fourth-order valence-corrected chi connectivity index (χ4v) is 1.23. The van der Waals surface area contributed by atoms with E-state index in [9.17, 15) is 18.8 Å². The normalized spacial score (nSPS) is 30.4. The van der Waals surface area contributed by atoms with Crippen LogP contribution in [0.3, 0.4) is 0 Å². The van der Waals surface area contributed by atoms with Crippen molar-refractivity contribution in [3.63, 3.8) is 0 Å². The van der Waals surface area contributed by atoms with Crippen molar-refractivity contribution in [2.75, 3.05) is 0 Å². The van der Waals surface area contributed by atoms with Crippen LogP contribution in [-0.4, -0.2) is 41.0 Å². The molecule has 0 bridgehead atoms. The van der Waals surface area contributed by atoms with E-state index in [-0.39, 0.29) is 0 Å². The van der Waals surface area contributed by atoms with Crippen LogP contribution in [0.1, 0.15) is 20.3 Å². The smallest absolute Gasteiger partial charge is 0.356 e. The molecule has 8 heteroatoms. The molecular weight excluding hydrogens is 235 g/mol. The van der Waals surface area contributed by atoms with Crippen LogP contribution in [0.15, 0.2) is 0 Å². The number of hydrogen-bond acceptors (Lipinski definition) is 4. The summed E-state index contributed by atoms with van der Waals surface area (Å²) in [4.78, 5) is 33.0. The number of alkyl halides is 1. The maximum Gasteiger partial charge on any atom is 0.356 e. The first-order valence-corrected chi connectivity index (χ1v) is 5.02. The summed E-state index contributed by atoms with van der Waals surface area (Å²) < 4.78 is 19.1. The number of ether oxygens (including phenoxy) is 1. The zero-order valence-corrected chi connectivity index (χ0v) is 9.32. The van der Waals surface area contributed by atoms with Gasteiger partial charge in [-0.3, -0.25) is 10.1 Å². The molecule has 1 saturated heterocycles. The van der Waals surface area contributed by atoms with Crippen molar-refractivity contribution < 1.29 is 28.6 Å². The van der Waals surface area contributed by atoms with E-state index in [2.05, 4.69) is 0 Å². The third-order valence-electron chi connectivity index (χ3n) is 2.44. The summed E-state index contributed by atoms with van der Waals surface area (Å²) in [6, 6.07) is -0.988. The highest BCUT2D eigenvalue weighted by Gasteiger charge is 2.59. The molecule has 0 spiro atoms. The lowest BCUT2D eigenvalue weighted by atomic mass is 10.0. The van der Waals surface area contributed by atoms with Gasteiger partial charge in [-0.05, 0) is 13.3 Å². The minimum atomic E-state index is -3.32. The topological polar surface area (TPSA) is 105 Å². The quantitative estimate of drug-likeness (QED) is 0.595. The molecule has 0 radical (unpaired) electrons. The van der Waals surface area contributed by atoms with Gasteiger partial charge in [0.2, 0.25) is 0 Å². The summed E-state index contributed by atoms with van der Waals surface area (Å²) in [5.41, 5.74) is -3.32. The molecule has 3 amide bonds. The number of aliphatic carboxylic acids is 1. The van der Waals surface area contributed by atoms with Gasteiger partial charge in [0.15, 0.2) is 6.23 Å². The van der Waals surface area contributed by atoms with Crippen LogP contribution in [0.5, 0.6) is 0 Å². The van der Waals surface area contributed by atoms with Gasteiger partial charge in [0, 0.05) is 0 Å². The van der Waals surface area contributed by atoms with Gasteiger partial charge in [-0.1, -0.05) is 6.92 Å². The average Bonchev–Trinajstić information content (AvgIpc) is 2.24. The zero-order chi connectivity index (χ0) is 13.2. The molecule has 0 aromatic rings. The van der Waals surface area contributed by atoms with E-state index < -0.39 is 35.9 Å². The maximum absolute atomic E-state index is 14.1. The van der Waals surface area contributed by atoms with E-state index in [4.69, 9.17) is 9.84 Å². The summed E-state index contributed by atoms with van der Waals surface area (Å²) in [5.74, 6) is -3.55. The second kappa shape index (κ2) is 4.66. The zero-order valence-electron chi connectivity index (χ0n) is 9.32. The Bertz CT molecular complexity index is 361. The van der Waals surface area contributed by atoms with Crippen molar-refractivity contribution in [2.45, 2.75) is 38.3 Å². The Balaban J connectivity index is 2.99. The number of hydrogen-bond donors (Lipinski definition) is 3. The SMILES string of the molecule is CCC(C)OC1NC(=O)NC(=O)C1(F)C(=O)O. The molecule has 1 aliphatic rings.